The number of aliphatic imine (C=N–C) groups is 1. The molecule has 0 saturated carbocycles. The Morgan fingerprint density at radius 2 is 1.79 bits per heavy atom. The van der Waals surface area contributed by atoms with Crippen LogP contribution in [0.3, 0.4) is 0 Å². The number of hydrogen-bond donors (Lipinski definition) is 1. The summed E-state index contributed by atoms with van der Waals surface area (Å²) in [6.07, 6.45) is 0. The van der Waals surface area contributed by atoms with Gasteiger partial charge in [0.05, 0.1) is 22.8 Å². The normalized spacial score (nSPS) is 16.5. The zero-order valence-electron chi connectivity index (χ0n) is 16.3. The number of anilines is 1. The van der Waals surface area contributed by atoms with E-state index in [1.807, 2.05) is 54.6 Å². The van der Waals surface area contributed by atoms with Crippen LogP contribution in [-0.2, 0) is 4.74 Å². The lowest BCUT2D eigenvalue weighted by Crippen LogP contribution is -2.25. The third kappa shape index (κ3) is 3.60. The molecule has 0 bridgehead atoms. The van der Waals surface area contributed by atoms with Crippen molar-refractivity contribution >= 4 is 28.4 Å². The number of aromatic nitrogens is 1. The number of hydrogen-bond acceptors (Lipinski definition) is 4. The van der Waals surface area contributed by atoms with Crippen molar-refractivity contribution in [3.63, 3.8) is 0 Å². The van der Waals surface area contributed by atoms with Gasteiger partial charge in [0.15, 0.2) is 0 Å². The minimum Gasteiger partial charge on any atom is -0.475 e. The molecule has 5 nitrogen and oxygen atoms in total. The van der Waals surface area contributed by atoms with Gasteiger partial charge in [0.25, 0.3) is 5.91 Å². The summed E-state index contributed by atoms with van der Waals surface area (Å²) in [6, 6.07) is 19.0. The number of ether oxygens (including phenoxy) is 1. The lowest BCUT2D eigenvalue weighted by atomic mass is 9.88. The minimum absolute atomic E-state index is 0.0228. The van der Waals surface area contributed by atoms with E-state index in [1.54, 1.807) is 6.07 Å². The zero-order chi connectivity index (χ0) is 19.7. The first-order chi connectivity index (χ1) is 13.4. The molecule has 0 fully saturated rings. The van der Waals surface area contributed by atoms with Crippen molar-refractivity contribution in [3.8, 4) is 0 Å². The number of rotatable bonds is 3. The van der Waals surface area contributed by atoms with Gasteiger partial charge in [-0.2, -0.15) is 0 Å². The summed E-state index contributed by atoms with van der Waals surface area (Å²) in [5.41, 5.74) is 2.63. The van der Waals surface area contributed by atoms with Crippen LogP contribution in [-0.4, -0.2) is 29.4 Å². The van der Waals surface area contributed by atoms with Crippen molar-refractivity contribution in [2.45, 2.75) is 26.8 Å². The van der Waals surface area contributed by atoms with E-state index < -0.39 is 0 Å². The van der Waals surface area contributed by atoms with Gasteiger partial charge in [-0.3, -0.25) is 4.79 Å². The largest absolute Gasteiger partial charge is 0.475 e. The van der Waals surface area contributed by atoms with Gasteiger partial charge in [-0.15, -0.1) is 0 Å². The Balaban J connectivity index is 1.61. The quantitative estimate of drug-likeness (QED) is 0.725. The van der Waals surface area contributed by atoms with Crippen LogP contribution in [0.25, 0.3) is 10.9 Å². The number of benzene rings is 2. The maximum atomic E-state index is 12.8. The van der Waals surface area contributed by atoms with Gasteiger partial charge in [0.2, 0.25) is 5.90 Å². The van der Waals surface area contributed by atoms with Crippen LogP contribution in [0.4, 0.5) is 5.69 Å². The summed E-state index contributed by atoms with van der Waals surface area (Å²) in [5, 5.41) is 3.96. The molecule has 0 spiro atoms. The number of fused-ring (bicyclic) bond motifs is 1. The standard InChI is InChI=1S/C23H23N3O2/c1-23(2,3)20-14-28-22(26-20)16-9-5-7-11-18(16)25-21(27)19-13-12-15-8-4-6-10-17(15)24-19/h4-13,20H,14H2,1-3H3,(H,25,27)/t20-/m1/s1. The number of pyridine rings is 1. The van der Waals surface area contributed by atoms with Crippen LogP contribution in [0, 0.1) is 5.41 Å². The molecule has 0 saturated heterocycles. The van der Waals surface area contributed by atoms with Gasteiger partial charge in [0.1, 0.15) is 12.3 Å². The van der Waals surface area contributed by atoms with Gasteiger partial charge >= 0.3 is 0 Å². The number of nitrogens with zero attached hydrogens (tertiary/aromatic N) is 2. The Kier molecular flexibility index (Phi) is 4.59. The van der Waals surface area contributed by atoms with Gasteiger partial charge < -0.3 is 10.1 Å². The molecule has 3 aromatic rings. The van der Waals surface area contributed by atoms with Crippen LogP contribution in [0.15, 0.2) is 65.7 Å². The smallest absolute Gasteiger partial charge is 0.274 e. The van der Waals surface area contributed by atoms with Crippen LogP contribution < -0.4 is 5.32 Å². The van der Waals surface area contributed by atoms with Crippen molar-refractivity contribution < 1.29 is 9.53 Å². The highest BCUT2D eigenvalue weighted by Gasteiger charge is 2.31. The molecule has 1 amide bonds. The second kappa shape index (κ2) is 7.08. The van der Waals surface area contributed by atoms with E-state index in [9.17, 15) is 4.79 Å². The van der Waals surface area contributed by atoms with Gasteiger partial charge in [0, 0.05) is 5.39 Å². The van der Waals surface area contributed by atoms with E-state index in [4.69, 9.17) is 9.73 Å². The van der Waals surface area contributed by atoms with E-state index in [0.717, 1.165) is 16.5 Å². The highest BCUT2D eigenvalue weighted by Crippen LogP contribution is 2.29. The molecule has 2 heterocycles. The van der Waals surface area contributed by atoms with Crippen LogP contribution in [0.2, 0.25) is 0 Å². The molecule has 1 aliphatic rings. The van der Waals surface area contributed by atoms with Crippen LogP contribution in [0.1, 0.15) is 36.8 Å². The second-order valence-electron chi connectivity index (χ2n) is 8.02. The maximum absolute atomic E-state index is 12.8. The topological polar surface area (TPSA) is 63.6 Å². The molecular formula is C23H23N3O2. The third-order valence-corrected chi connectivity index (χ3v) is 4.89. The first kappa shape index (κ1) is 18.2. The van der Waals surface area contributed by atoms with Crippen molar-refractivity contribution in [2.24, 2.45) is 10.4 Å². The van der Waals surface area contributed by atoms with Crippen LogP contribution in [0.5, 0.6) is 0 Å². The van der Waals surface area contributed by atoms with Gasteiger partial charge in [-0.1, -0.05) is 57.2 Å². The highest BCUT2D eigenvalue weighted by molar-refractivity contribution is 6.09. The predicted molar refractivity (Wildman–Crippen MR) is 112 cm³/mol. The van der Waals surface area contributed by atoms with E-state index in [1.165, 1.54) is 0 Å². The SMILES string of the molecule is CC(C)(C)[C@H]1COC(c2ccccc2NC(=O)c2ccc3ccccc3n2)=N1. The molecule has 0 aliphatic carbocycles. The van der Waals surface area contributed by atoms with Gasteiger partial charge in [-0.25, -0.2) is 9.98 Å². The molecular weight excluding hydrogens is 350 g/mol. The Morgan fingerprint density at radius 3 is 2.57 bits per heavy atom. The molecule has 4 rings (SSSR count). The number of nitrogens with one attached hydrogen (secondary N) is 1. The molecule has 5 heteroatoms. The van der Waals surface area contributed by atoms with Crippen molar-refractivity contribution in [3.05, 3.63) is 71.9 Å². The summed E-state index contributed by atoms with van der Waals surface area (Å²) in [5.74, 6) is 0.312. The number of carbonyl (C=O) groups excluding carboxylic acids is 1. The average molecular weight is 373 g/mol. The minimum atomic E-state index is -0.260. The summed E-state index contributed by atoms with van der Waals surface area (Å²) in [7, 11) is 0. The summed E-state index contributed by atoms with van der Waals surface area (Å²) in [6.45, 7) is 6.99. The van der Waals surface area contributed by atoms with E-state index in [2.05, 4.69) is 31.1 Å². The molecule has 0 unspecified atom stereocenters. The van der Waals surface area contributed by atoms with Crippen molar-refractivity contribution in [1.29, 1.82) is 0 Å². The zero-order valence-corrected chi connectivity index (χ0v) is 16.3. The number of para-hydroxylation sites is 2. The van der Waals surface area contributed by atoms with Gasteiger partial charge in [-0.05, 0) is 29.7 Å². The Bertz CT molecular complexity index is 1070. The molecule has 2 aromatic carbocycles. The predicted octanol–water partition coefficient (Wildman–Crippen LogP) is 4.68. The highest BCUT2D eigenvalue weighted by atomic mass is 16.5. The van der Waals surface area contributed by atoms with Crippen molar-refractivity contribution in [2.75, 3.05) is 11.9 Å². The lowest BCUT2D eigenvalue weighted by Gasteiger charge is -2.21. The fourth-order valence-electron chi connectivity index (χ4n) is 3.12. The fourth-order valence-corrected chi connectivity index (χ4v) is 3.12. The Morgan fingerprint density at radius 1 is 1.04 bits per heavy atom. The number of carbonyl (C=O) groups is 1. The molecule has 1 aliphatic heterocycles. The lowest BCUT2D eigenvalue weighted by molar-refractivity contribution is 0.102. The van der Waals surface area contributed by atoms with Crippen molar-refractivity contribution in [1.82, 2.24) is 4.98 Å². The summed E-state index contributed by atoms with van der Waals surface area (Å²) >= 11 is 0. The molecule has 28 heavy (non-hydrogen) atoms. The number of amides is 1. The monoisotopic (exact) mass is 373 g/mol. The first-order valence-electron chi connectivity index (χ1n) is 9.39. The summed E-state index contributed by atoms with van der Waals surface area (Å²) in [4.78, 5) is 22.0. The van der Waals surface area contributed by atoms with E-state index in [0.29, 0.717) is 23.9 Å². The molecule has 1 atom stereocenters. The maximum Gasteiger partial charge on any atom is 0.274 e. The molecule has 0 radical (unpaired) electrons. The molecule has 1 aromatic heterocycles. The van der Waals surface area contributed by atoms with Crippen LogP contribution >= 0.6 is 0 Å². The molecule has 142 valence electrons. The van der Waals surface area contributed by atoms with E-state index in [-0.39, 0.29) is 17.4 Å². The average Bonchev–Trinajstić information content (AvgIpc) is 3.18. The fraction of sp³-hybridized carbons (Fsp3) is 0.261. The second-order valence-corrected chi connectivity index (χ2v) is 8.02. The first-order valence-corrected chi connectivity index (χ1v) is 9.39. The Hall–Kier alpha value is -3.21. The third-order valence-electron chi connectivity index (χ3n) is 4.89. The summed E-state index contributed by atoms with van der Waals surface area (Å²) < 4.78 is 5.85. The van der Waals surface area contributed by atoms with E-state index >= 15 is 0 Å². The Labute approximate surface area is 164 Å². The molecule has 1 N–H and O–H groups in total.